The summed E-state index contributed by atoms with van der Waals surface area (Å²) in [6.45, 7) is 17.8. The molecule has 0 saturated heterocycles. The monoisotopic (exact) mass is 653 g/mol. The summed E-state index contributed by atoms with van der Waals surface area (Å²) in [5, 5.41) is 3.15. The standard InChI is InChI=1S/C38H49N5OP2/c1-8-27-24(5)33-21-36-28(9-2)23(4)32(41-36)20-34-25(6)29(14-15-37(44)39-16-12-10-11-13-17-46-45)38(43-34)26(7)31-18-22(3)30(40-31)19-35(27)42-33/h9,18-21,40-41,46H,2,8,10-17,45H2,1,3-7H3,(H,39,44). The fourth-order valence-corrected chi connectivity index (χ4v) is 7.66. The first-order valence-corrected chi connectivity index (χ1v) is 19.6. The summed E-state index contributed by atoms with van der Waals surface area (Å²) in [5.74, 6) is 0.103. The lowest BCUT2D eigenvalue weighted by atomic mass is 9.98. The Morgan fingerprint density at radius 1 is 0.848 bits per heavy atom. The highest BCUT2D eigenvalue weighted by Crippen LogP contribution is 2.37. The number of H-pyrrole nitrogens is 2. The number of unbranched alkanes of at least 4 members (excludes halogenated alkanes) is 3. The Morgan fingerprint density at radius 3 is 2.24 bits per heavy atom. The van der Waals surface area contributed by atoms with E-state index < -0.39 is 0 Å². The molecular weight excluding hydrogens is 604 g/mol. The zero-order valence-corrected chi connectivity index (χ0v) is 30.5. The second-order valence-electron chi connectivity index (χ2n) is 12.5. The zero-order chi connectivity index (χ0) is 33.0. The molecule has 0 spiro atoms. The molecule has 8 heteroatoms. The van der Waals surface area contributed by atoms with Crippen molar-refractivity contribution in [2.45, 2.75) is 86.5 Å². The molecule has 3 N–H and O–H groups in total. The van der Waals surface area contributed by atoms with E-state index in [2.05, 4.69) is 96.6 Å². The lowest BCUT2D eigenvalue weighted by molar-refractivity contribution is -0.120. The molecule has 5 heterocycles. The van der Waals surface area contributed by atoms with Gasteiger partial charge in [-0.3, -0.25) is 4.79 Å². The highest BCUT2D eigenvalue weighted by atomic mass is 32.0. The molecule has 0 radical (unpaired) electrons. The van der Waals surface area contributed by atoms with Gasteiger partial charge in [0.1, 0.15) is 0 Å². The number of amides is 1. The number of hydrogen-bond acceptors (Lipinski definition) is 3. The number of aromatic amines is 2. The van der Waals surface area contributed by atoms with E-state index in [0.717, 1.165) is 106 Å². The Balaban J connectivity index is 1.60. The molecule has 8 bridgehead atoms. The summed E-state index contributed by atoms with van der Waals surface area (Å²) in [5.41, 5.74) is 17.1. The molecule has 2 aliphatic rings. The molecule has 1 amide bonds. The molecule has 0 saturated carbocycles. The second kappa shape index (κ2) is 15.1. The smallest absolute Gasteiger partial charge is 0.220 e. The number of rotatable bonds is 12. The first-order chi connectivity index (χ1) is 22.2. The van der Waals surface area contributed by atoms with Crippen LogP contribution in [0.25, 0.3) is 50.4 Å². The summed E-state index contributed by atoms with van der Waals surface area (Å²) < 4.78 is 0. The van der Waals surface area contributed by atoms with Crippen molar-refractivity contribution in [3.05, 3.63) is 75.9 Å². The molecule has 0 aromatic carbocycles. The van der Waals surface area contributed by atoms with E-state index in [9.17, 15) is 4.79 Å². The van der Waals surface area contributed by atoms with Gasteiger partial charge in [0.2, 0.25) is 5.91 Å². The van der Waals surface area contributed by atoms with Crippen LogP contribution in [-0.2, 0) is 4.79 Å². The fraction of sp³-hybridized carbons (Fsp3) is 0.395. The molecule has 2 aliphatic heterocycles. The third-order valence-corrected chi connectivity index (χ3v) is 11.0. The van der Waals surface area contributed by atoms with Crippen molar-refractivity contribution < 1.29 is 4.79 Å². The summed E-state index contributed by atoms with van der Waals surface area (Å²) >= 11 is 0. The quantitative estimate of drug-likeness (QED) is 0.134. The van der Waals surface area contributed by atoms with E-state index in [1.807, 2.05) is 6.08 Å². The first kappa shape index (κ1) is 34.0. The predicted molar refractivity (Wildman–Crippen MR) is 204 cm³/mol. The van der Waals surface area contributed by atoms with Crippen LogP contribution in [-0.4, -0.2) is 38.5 Å². The van der Waals surface area contributed by atoms with Crippen LogP contribution in [0, 0.1) is 20.8 Å². The van der Waals surface area contributed by atoms with Crippen molar-refractivity contribution in [3.63, 3.8) is 0 Å². The minimum atomic E-state index is 0.103. The first-order valence-electron chi connectivity index (χ1n) is 16.6. The van der Waals surface area contributed by atoms with Gasteiger partial charge >= 0.3 is 0 Å². The lowest BCUT2D eigenvalue weighted by Crippen LogP contribution is -2.24. The van der Waals surface area contributed by atoms with Gasteiger partial charge in [-0.2, -0.15) is 0 Å². The van der Waals surface area contributed by atoms with Crippen LogP contribution in [0.5, 0.6) is 0 Å². The van der Waals surface area contributed by atoms with Crippen molar-refractivity contribution in [1.82, 2.24) is 25.3 Å². The molecule has 3 aromatic rings. The maximum Gasteiger partial charge on any atom is 0.220 e. The molecule has 6 nitrogen and oxygen atoms in total. The maximum absolute atomic E-state index is 12.9. The van der Waals surface area contributed by atoms with E-state index in [1.165, 1.54) is 36.6 Å². The van der Waals surface area contributed by atoms with Crippen LogP contribution in [0.1, 0.15) is 111 Å². The van der Waals surface area contributed by atoms with E-state index in [1.54, 1.807) is 0 Å². The van der Waals surface area contributed by atoms with Gasteiger partial charge in [-0.15, -0.1) is 17.2 Å². The Kier molecular flexibility index (Phi) is 11.1. The van der Waals surface area contributed by atoms with Crippen molar-refractivity contribution in [2.24, 2.45) is 0 Å². The molecular formula is C38H49N5OP2. The highest BCUT2D eigenvalue weighted by Gasteiger charge is 2.21. The summed E-state index contributed by atoms with van der Waals surface area (Å²) in [6, 6.07) is 8.68. The average Bonchev–Trinajstić information content (AvgIpc) is 3.73. The number of aryl methyl sites for hydroxylation is 3. The number of allylic oxidation sites excluding steroid dienone is 4. The van der Waals surface area contributed by atoms with Crippen molar-refractivity contribution in [2.75, 3.05) is 12.7 Å². The fourth-order valence-electron chi connectivity index (χ4n) is 6.59. The SMILES string of the molecule is C=Cc1c(C)c2cc3nc(c(C)c4cc(C)c(cc5nc(cc1[nH]2)C(C)=C5CC)[nH]4)C(CCC(=O)NCCCCCCPP)=C3C. The van der Waals surface area contributed by atoms with Crippen LogP contribution in [0.3, 0.4) is 0 Å². The third kappa shape index (κ3) is 7.14. The van der Waals surface area contributed by atoms with Crippen LogP contribution < -0.4 is 5.32 Å². The van der Waals surface area contributed by atoms with Gasteiger partial charge in [-0.05, 0) is 130 Å². The second-order valence-corrected chi connectivity index (χ2v) is 14.7. The summed E-state index contributed by atoms with van der Waals surface area (Å²) in [7, 11) is 3.77. The molecule has 46 heavy (non-hydrogen) atoms. The van der Waals surface area contributed by atoms with Gasteiger partial charge < -0.3 is 15.3 Å². The average molecular weight is 654 g/mol. The highest BCUT2D eigenvalue weighted by molar-refractivity contribution is 8.02. The van der Waals surface area contributed by atoms with Gasteiger partial charge in [-0.1, -0.05) is 32.4 Å². The number of nitrogens with zero attached hydrogens (tertiary/aromatic N) is 2. The Labute approximate surface area is 278 Å². The molecule has 242 valence electrons. The minimum Gasteiger partial charge on any atom is -0.356 e. The van der Waals surface area contributed by atoms with Gasteiger partial charge in [0, 0.05) is 40.6 Å². The van der Waals surface area contributed by atoms with Crippen molar-refractivity contribution in [3.8, 4) is 0 Å². The number of aromatic nitrogens is 4. The molecule has 0 aliphatic carbocycles. The van der Waals surface area contributed by atoms with Crippen molar-refractivity contribution >= 4 is 73.5 Å². The Hall–Kier alpha value is -3.33. The lowest BCUT2D eigenvalue weighted by Gasteiger charge is -2.08. The molecule has 2 atom stereocenters. The zero-order valence-electron chi connectivity index (χ0n) is 28.3. The molecule has 3 aromatic heterocycles. The third-order valence-electron chi connectivity index (χ3n) is 9.50. The topological polar surface area (TPSA) is 86.5 Å². The molecule has 5 rings (SSSR count). The summed E-state index contributed by atoms with van der Waals surface area (Å²) in [4.78, 5) is 30.6. The van der Waals surface area contributed by atoms with Gasteiger partial charge in [-0.25, -0.2) is 9.97 Å². The van der Waals surface area contributed by atoms with Gasteiger partial charge in [0.05, 0.1) is 22.8 Å². The van der Waals surface area contributed by atoms with Gasteiger partial charge in [0.25, 0.3) is 0 Å². The molecule has 0 fully saturated rings. The number of hydrogen-bond donors (Lipinski definition) is 3. The number of fused-ring (bicyclic) bond motifs is 8. The predicted octanol–water partition coefficient (Wildman–Crippen LogP) is 10.1. The van der Waals surface area contributed by atoms with Gasteiger partial charge in [0.15, 0.2) is 0 Å². The minimum absolute atomic E-state index is 0.103. The Morgan fingerprint density at radius 2 is 1.50 bits per heavy atom. The van der Waals surface area contributed by atoms with E-state index >= 15 is 0 Å². The number of carbonyl (C=O) groups is 1. The Bertz CT molecular complexity index is 1890. The van der Waals surface area contributed by atoms with Crippen LogP contribution in [0.2, 0.25) is 0 Å². The largest absolute Gasteiger partial charge is 0.356 e. The number of nitrogens with one attached hydrogen (secondary N) is 3. The van der Waals surface area contributed by atoms with Crippen molar-refractivity contribution in [1.29, 1.82) is 0 Å². The van der Waals surface area contributed by atoms with Crippen LogP contribution in [0.15, 0.2) is 30.8 Å². The maximum atomic E-state index is 12.9. The summed E-state index contributed by atoms with van der Waals surface area (Å²) in [6.07, 6.45) is 9.90. The van der Waals surface area contributed by atoms with E-state index in [-0.39, 0.29) is 5.91 Å². The van der Waals surface area contributed by atoms with E-state index in [4.69, 9.17) is 9.97 Å². The van der Waals surface area contributed by atoms with Crippen LogP contribution in [0.4, 0.5) is 0 Å². The number of carbonyl (C=O) groups excluding carboxylic acids is 1. The molecule has 2 unspecified atom stereocenters. The normalized spacial score (nSPS) is 13.4. The van der Waals surface area contributed by atoms with Crippen LogP contribution >= 0.6 is 17.2 Å². The van der Waals surface area contributed by atoms with E-state index in [0.29, 0.717) is 12.8 Å².